The summed E-state index contributed by atoms with van der Waals surface area (Å²) in [6.07, 6.45) is 2.31. The van der Waals surface area contributed by atoms with Gasteiger partial charge in [-0.25, -0.2) is 0 Å². The molecule has 0 amide bonds. The van der Waals surface area contributed by atoms with Gasteiger partial charge >= 0.3 is 0 Å². The molecule has 3 rings (SSSR count). The zero-order chi connectivity index (χ0) is 14.7. The van der Waals surface area contributed by atoms with E-state index in [2.05, 4.69) is 52.7 Å². The lowest BCUT2D eigenvalue weighted by atomic mass is 10.0. The Kier molecular flexibility index (Phi) is 4.35. The molecule has 0 aromatic heterocycles. The van der Waals surface area contributed by atoms with E-state index >= 15 is 0 Å². The summed E-state index contributed by atoms with van der Waals surface area (Å²) in [6, 6.07) is 17.4. The van der Waals surface area contributed by atoms with Gasteiger partial charge < -0.3 is 10.2 Å². The number of nitrogens with zero attached hydrogens (tertiary/aromatic N) is 1. The second kappa shape index (κ2) is 6.40. The molecular formula is C18H21ClN2. The quantitative estimate of drug-likeness (QED) is 0.881. The topological polar surface area (TPSA) is 15.3 Å². The van der Waals surface area contributed by atoms with Gasteiger partial charge in [-0.05, 0) is 49.6 Å². The minimum atomic E-state index is 0.531. The highest BCUT2D eigenvalue weighted by Gasteiger charge is 2.19. The Morgan fingerprint density at radius 1 is 1.05 bits per heavy atom. The highest BCUT2D eigenvalue weighted by atomic mass is 35.5. The minimum Gasteiger partial charge on any atom is -0.382 e. The van der Waals surface area contributed by atoms with Crippen LogP contribution in [-0.4, -0.2) is 19.1 Å². The van der Waals surface area contributed by atoms with Gasteiger partial charge in [0.25, 0.3) is 0 Å². The van der Waals surface area contributed by atoms with Crippen LogP contribution in [0.3, 0.4) is 0 Å². The number of benzene rings is 2. The summed E-state index contributed by atoms with van der Waals surface area (Å²) in [5.41, 5.74) is 3.58. The van der Waals surface area contributed by atoms with Gasteiger partial charge in [0.2, 0.25) is 0 Å². The van der Waals surface area contributed by atoms with Gasteiger partial charge in [0, 0.05) is 35.5 Å². The van der Waals surface area contributed by atoms with E-state index in [1.54, 1.807) is 0 Å². The molecule has 0 bridgehead atoms. The van der Waals surface area contributed by atoms with Crippen LogP contribution in [0.2, 0.25) is 5.02 Å². The van der Waals surface area contributed by atoms with E-state index < -0.39 is 0 Å². The van der Waals surface area contributed by atoms with Gasteiger partial charge in [-0.3, -0.25) is 0 Å². The zero-order valence-corrected chi connectivity index (χ0v) is 13.1. The average Bonchev–Trinajstić information content (AvgIpc) is 2.53. The number of aryl methyl sites for hydroxylation is 1. The Bertz CT molecular complexity index is 589. The monoisotopic (exact) mass is 300 g/mol. The van der Waals surface area contributed by atoms with Crippen LogP contribution in [0.4, 0.5) is 11.4 Å². The van der Waals surface area contributed by atoms with Crippen LogP contribution in [-0.2, 0) is 0 Å². The Balaban J connectivity index is 1.57. The first-order chi connectivity index (χ1) is 10.2. The number of para-hydroxylation sites is 1. The molecule has 1 fully saturated rings. The first-order valence-corrected chi connectivity index (χ1v) is 7.93. The number of hydrogen-bond donors (Lipinski definition) is 1. The van der Waals surface area contributed by atoms with Crippen molar-refractivity contribution in [3.05, 3.63) is 59.1 Å². The van der Waals surface area contributed by atoms with Crippen LogP contribution in [0.1, 0.15) is 18.4 Å². The summed E-state index contributed by atoms with van der Waals surface area (Å²) in [4.78, 5) is 2.46. The van der Waals surface area contributed by atoms with E-state index in [9.17, 15) is 0 Å². The fourth-order valence-electron chi connectivity index (χ4n) is 2.84. The Labute approximate surface area is 131 Å². The molecule has 1 aliphatic rings. The van der Waals surface area contributed by atoms with Crippen molar-refractivity contribution in [2.45, 2.75) is 25.8 Å². The van der Waals surface area contributed by atoms with E-state index in [1.807, 2.05) is 13.0 Å². The van der Waals surface area contributed by atoms with Gasteiger partial charge in [-0.2, -0.15) is 0 Å². The van der Waals surface area contributed by atoms with Crippen molar-refractivity contribution >= 4 is 23.0 Å². The number of nitrogens with one attached hydrogen (secondary N) is 1. The van der Waals surface area contributed by atoms with Gasteiger partial charge in [-0.1, -0.05) is 35.9 Å². The lowest BCUT2D eigenvalue weighted by Gasteiger charge is -2.34. The van der Waals surface area contributed by atoms with Crippen LogP contribution in [0.5, 0.6) is 0 Å². The van der Waals surface area contributed by atoms with Crippen LogP contribution in [0, 0.1) is 6.92 Å². The highest BCUT2D eigenvalue weighted by molar-refractivity contribution is 6.31. The summed E-state index contributed by atoms with van der Waals surface area (Å²) in [5.74, 6) is 0. The van der Waals surface area contributed by atoms with Crippen molar-refractivity contribution in [2.24, 2.45) is 0 Å². The summed E-state index contributed by atoms with van der Waals surface area (Å²) in [5, 5.41) is 4.44. The van der Waals surface area contributed by atoms with Crippen molar-refractivity contribution in [2.75, 3.05) is 23.3 Å². The maximum Gasteiger partial charge on any atom is 0.0455 e. The molecule has 21 heavy (non-hydrogen) atoms. The van der Waals surface area contributed by atoms with E-state index in [1.165, 1.54) is 5.69 Å². The van der Waals surface area contributed by atoms with Crippen LogP contribution in [0.15, 0.2) is 48.5 Å². The molecule has 0 atom stereocenters. The van der Waals surface area contributed by atoms with Crippen LogP contribution in [0.25, 0.3) is 0 Å². The summed E-state index contributed by atoms with van der Waals surface area (Å²) in [6.45, 7) is 4.23. The third kappa shape index (κ3) is 3.51. The molecule has 0 saturated carbocycles. The Morgan fingerprint density at radius 3 is 2.43 bits per heavy atom. The van der Waals surface area contributed by atoms with E-state index in [0.29, 0.717) is 6.04 Å². The molecule has 0 radical (unpaired) electrons. The van der Waals surface area contributed by atoms with Gasteiger partial charge in [0.1, 0.15) is 0 Å². The normalized spacial score (nSPS) is 16.0. The maximum absolute atomic E-state index is 6.19. The molecule has 3 heteroatoms. The van der Waals surface area contributed by atoms with Crippen molar-refractivity contribution in [1.82, 2.24) is 0 Å². The molecule has 0 spiro atoms. The van der Waals surface area contributed by atoms with Crippen molar-refractivity contribution < 1.29 is 0 Å². The predicted octanol–water partition coefficient (Wildman–Crippen LogP) is 4.73. The van der Waals surface area contributed by atoms with Gasteiger partial charge in [0.15, 0.2) is 0 Å². The molecule has 2 aromatic rings. The van der Waals surface area contributed by atoms with Crippen molar-refractivity contribution in [1.29, 1.82) is 0 Å². The van der Waals surface area contributed by atoms with Gasteiger partial charge in [-0.15, -0.1) is 0 Å². The molecule has 2 aromatic carbocycles. The highest BCUT2D eigenvalue weighted by Crippen LogP contribution is 2.24. The molecule has 1 N–H and O–H groups in total. The molecule has 1 heterocycles. The second-order valence-corrected chi connectivity index (χ2v) is 6.11. The van der Waals surface area contributed by atoms with E-state index in [-0.39, 0.29) is 0 Å². The summed E-state index contributed by atoms with van der Waals surface area (Å²) < 4.78 is 0. The smallest absolute Gasteiger partial charge is 0.0455 e. The molecule has 1 aliphatic heterocycles. The number of halogens is 1. The third-order valence-corrected chi connectivity index (χ3v) is 4.57. The number of piperidine rings is 1. The second-order valence-electron chi connectivity index (χ2n) is 5.71. The van der Waals surface area contributed by atoms with Crippen LogP contribution >= 0.6 is 11.6 Å². The minimum absolute atomic E-state index is 0.531. The molecule has 2 nitrogen and oxygen atoms in total. The number of rotatable bonds is 3. The lowest BCUT2D eigenvalue weighted by molar-refractivity contribution is 0.527. The summed E-state index contributed by atoms with van der Waals surface area (Å²) in [7, 11) is 0. The SMILES string of the molecule is Cc1ccc(NC2CCN(c3ccccc3)CC2)cc1Cl. The Morgan fingerprint density at radius 2 is 1.76 bits per heavy atom. The molecular weight excluding hydrogens is 280 g/mol. The number of hydrogen-bond acceptors (Lipinski definition) is 2. The fraction of sp³-hybridized carbons (Fsp3) is 0.333. The average molecular weight is 301 g/mol. The predicted molar refractivity (Wildman–Crippen MR) is 91.5 cm³/mol. The maximum atomic E-state index is 6.19. The molecule has 110 valence electrons. The molecule has 1 saturated heterocycles. The van der Waals surface area contributed by atoms with Crippen molar-refractivity contribution in [3.8, 4) is 0 Å². The number of anilines is 2. The standard InChI is InChI=1S/C18H21ClN2/c1-14-7-8-16(13-18(14)19)20-15-9-11-21(12-10-15)17-5-3-2-4-6-17/h2-8,13,15,20H,9-12H2,1H3. The van der Waals surface area contributed by atoms with Crippen molar-refractivity contribution in [3.63, 3.8) is 0 Å². The molecule has 0 unspecified atom stereocenters. The van der Waals surface area contributed by atoms with E-state index in [4.69, 9.17) is 11.6 Å². The van der Waals surface area contributed by atoms with E-state index in [0.717, 1.165) is 42.2 Å². The fourth-order valence-corrected chi connectivity index (χ4v) is 3.02. The van der Waals surface area contributed by atoms with Crippen LogP contribution < -0.4 is 10.2 Å². The Hall–Kier alpha value is -1.67. The zero-order valence-electron chi connectivity index (χ0n) is 12.3. The largest absolute Gasteiger partial charge is 0.382 e. The van der Waals surface area contributed by atoms with Gasteiger partial charge in [0.05, 0.1) is 0 Å². The third-order valence-electron chi connectivity index (χ3n) is 4.16. The first-order valence-electron chi connectivity index (χ1n) is 7.55. The summed E-state index contributed by atoms with van der Waals surface area (Å²) >= 11 is 6.19. The lowest BCUT2D eigenvalue weighted by Crippen LogP contribution is -2.39. The first kappa shape index (κ1) is 14.3. The molecule has 0 aliphatic carbocycles.